The second-order valence-electron chi connectivity index (χ2n) is 3.93. The number of nitrogens with one attached hydrogen (secondary N) is 1. The van der Waals surface area contributed by atoms with E-state index in [0.29, 0.717) is 6.61 Å². The molecule has 0 amide bonds. The molecule has 0 aliphatic rings. The number of aromatic amines is 1. The van der Waals surface area contributed by atoms with Crippen LogP contribution in [0.4, 0.5) is 0 Å². The summed E-state index contributed by atoms with van der Waals surface area (Å²) in [5, 5.41) is 0. The fraction of sp³-hybridized carbons (Fsp3) is 0.462. The van der Waals surface area contributed by atoms with Gasteiger partial charge in [-0.05, 0) is 18.6 Å². The molecule has 4 heteroatoms. The first-order valence-corrected chi connectivity index (χ1v) is 5.94. The number of rotatable bonds is 6. The van der Waals surface area contributed by atoms with Crippen LogP contribution in [-0.4, -0.2) is 30.3 Å². The Kier molecular flexibility index (Phi) is 3.98. The van der Waals surface area contributed by atoms with Crippen LogP contribution < -0.4 is 4.74 Å². The van der Waals surface area contributed by atoms with Gasteiger partial charge in [-0.2, -0.15) is 0 Å². The quantitative estimate of drug-likeness (QED) is 0.781. The van der Waals surface area contributed by atoms with E-state index < -0.39 is 0 Å². The minimum absolute atomic E-state index is 0.713. The van der Waals surface area contributed by atoms with Gasteiger partial charge in [-0.1, -0.05) is 6.92 Å². The molecule has 0 spiro atoms. The molecule has 0 aliphatic carbocycles. The van der Waals surface area contributed by atoms with Crippen LogP contribution in [0.3, 0.4) is 0 Å². The van der Waals surface area contributed by atoms with E-state index in [1.165, 1.54) is 0 Å². The van der Waals surface area contributed by atoms with Crippen LogP contribution in [0.2, 0.25) is 0 Å². The van der Waals surface area contributed by atoms with Crippen molar-refractivity contribution in [3.05, 3.63) is 24.0 Å². The lowest BCUT2D eigenvalue weighted by Crippen LogP contribution is -2.00. The molecule has 17 heavy (non-hydrogen) atoms. The molecule has 0 radical (unpaired) electrons. The lowest BCUT2D eigenvalue weighted by Gasteiger charge is -1.99. The van der Waals surface area contributed by atoms with Crippen molar-refractivity contribution in [2.75, 3.05) is 20.3 Å². The molecule has 0 saturated carbocycles. The van der Waals surface area contributed by atoms with Gasteiger partial charge >= 0.3 is 0 Å². The molecule has 1 heterocycles. The highest BCUT2D eigenvalue weighted by molar-refractivity contribution is 5.76. The third-order valence-corrected chi connectivity index (χ3v) is 2.57. The minimum atomic E-state index is 0.713. The van der Waals surface area contributed by atoms with Crippen LogP contribution in [0.25, 0.3) is 11.0 Å². The molecule has 0 saturated heterocycles. The van der Waals surface area contributed by atoms with Crippen LogP contribution in [0.15, 0.2) is 18.2 Å². The number of imidazole rings is 1. The van der Waals surface area contributed by atoms with Crippen molar-refractivity contribution in [3.63, 3.8) is 0 Å². The Morgan fingerprint density at radius 1 is 1.29 bits per heavy atom. The molecular weight excluding hydrogens is 216 g/mol. The highest BCUT2D eigenvalue weighted by Crippen LogP contribution is 2.18. The number of aromatic nitrogens is 2. The first-order chi connectivity index (χ1) is 8.33. The zero-order valence-corrected chi connectivity index (χ0v) is 10.3. The monoisotopic (exact) mass is 234 g/mol. The summed E-state index contributed by atoms with van der Waals surface area (Å²) in [6, 6.07) is 5.83. The summed E-state index contributed by atoms with van der Waals surface area (Å²) < 4.78 is 10.6. The molecule has 2 aromatic rings. The van der Waals surface area contributed by atoms with Crippen molar-refractivity contribution in [1.82, 2.24) is 9.97 Å². The summed E-state index contributed by atoms with van der Waals surface area (Å²) in [7, 11) is 1.66. The Balaban J connectivity index is 2.04. The summed E-state index contributed by atoms with van der Waals surface area (Å²) in [4.78, 5) is 7.77. The van der Waals surface area contributed by atoms with Gasteiger partial charge in [-0.25, -0.2) is 4.98 Å². The SMILES string of the molecule is CCCOCCc1nc2ccc(OC)cc2[nH]1. The lowest BCUT2D eigenvalue weighted by molar-refractivity contribution is 0.137. The van der Waals surface area contributed by atoms with E-state index >= 15 is 0 Å². The van der Waals surface area contributed by atoms with E-state index in [1.807, 2.05) is 18.2 Å². The number of nitrogens with zero attached hydrogens (tertiary/aromatic N) is 1. The topological polar surface area (TPSA) is 47.1 Å². The Morgan fingerprint density at radius 2 is 2.18 bits per heavy atom. The summed E-state index contributed by atoms with van der Waals surface area (Å²) in [5.41, 5.74) is 1.98. The van der Waals surface area contributed by atoms with Gasteiger partial charge in [0.05, 0.1) is 24.8 Å². The predicted molar refractivity (Wildman–Crippen MR) is 67.5 cm³/mol. The normalized spacial score (nSPS) is 10.9. The van der Waals surface area contributed by atoms with Crippen LogP contribution in [0, 0.1) is 0 Å². The molecule has 92 valence electrons. The number of methoxy groups -OCH3 is 1. The Labute approximate surface area is 101 Å². The number of fused-ring (bicyclic) bond motifs is 1. The maximum absolute atomic E-state index is 5.44. The zero-order valence-electron chi connectivity index (χ0n) is 10.3. The average molecular weight is 234 g/mol. The van der Waals surface area contributed by atoms with Crippen LogP contribution >= 0.6 is 0 Å². The fourth-order valence-corrected chi connectivity index (χ4v) is 1.70. The van der Waals surface area contributed by atoms with Crippen LogP contribution in [0.1, 0.15) is 19.2 Å². The van der Waals surface area contributed by atoms with Gasteiger partial charge in [-0.3, -0.25) is 0 Å². The smallest absolute Gasteiger partial charge is 0.121 e. The maximum Gasteiger partial charge on any atom is 0.121 e. The average Bonchev–Trinajstić information content (AvgIpc) is 2.76. The van der Waals surface area contributed by atoms with Crippen molar-refractivity contribution in [1.29, 1.82) is 0 Å². The molecule has 1 aromatic carbocycles. The predicted octanol–water partition coefficient (Wildman–Crippen LogP) is 2.54. The number of H-pyrrole nitrogens is 1. The summed E-state index contributed by atoms with van der Waals surface area (Å²) in [6.07, 6.45) is 1.87. The lowest BCUT2D eigenvalue weighted by atomic mass is 10.3. The highest BCUT2D eigenvalue weighted by atomic mass is 16.5. The molecule has 1 aromatic heterocycles. The van der Waals surface area contributed by atoms with E-state index in [0.717, 1.165) is 42.1 Å². The molecule has 0 aliphatic heterocycles. The largest absolute Gasteiger partial charge is 0.497 e. The molecule has 0 fully saturated rings. The Morgan fingerprint density at radius 3 is 2.94 bits per heavy atom. The van der Waals surface area contributed by atoms with Crippen molar-refractivity contribution < 1.29 is 9.47 Å². The molecule has 0 bridgehead atoms. The number of hydrogen-bond acceptors (Lipinski definition) is 3. The third-order valence-electron chi connectivity index (χ3n) is 2.57. The van der Waals surface area contributed by atoms with Gasteiger partial charge in [0, 0.05) is 19.1 Å². The molecular formula is C13H18N2O2. The second-order valence-corrected chi connectivity index (χ2v) is 3.93. The summed E-state index contributed by atoms with van der Waals surface area (Å²) in [6.45, 7) is 3.63. The standard InChI is InChI=1S/C13H18N2O2/c1-3-7-17-8-6-13-14-11-5-4-10(16-2)9-12(11)15-13/h4-5,9H,3,6-8H2,1-2H3,(H,14,15). The highest BCUT2D eigenvalue weighted by Gasteiger charge is 2.03. The van der Waals surface area contributed by atoms with Gasteiger partial charge in [0.15, 0.2) is 0 Å². The Hall–Kier alpha value is -1.55. The van der Waals surface area contributed by atoms with E-state index in [-0.39, 0.29) is 0 Å². The fourth-order valence-electron chi connectivity index (χ4n) is 1.70. The first kappa shape index (κ1) is 11.9. The minimum Gasteiger partial charge on any atom is -0.497 e. The Bertz CT molecular complexity index is 479. The summed E-state index contributed by atoms with van der Waals surface area (Å²) >= 11 is 0. The molecule has 1 N–H and O–H groups in total. The van der Waals surface area contributed by atoms with Gasteiger partial charge in [0.25, 0.3) is 0 Å². The van der Waals surface area contributed by atoms with Crippen molar-refractivity contribution in [2.45, 2.75) is 19.8 Å². The van der Waals surface area contributed by atoms with Crippen LogP contribution in [0.5, 0.6) is 5.75 Å². The first-order valence-electron chi connectivity index (χ1n) is 5.94. The van der Waals surface area contributed by atoms with E-state index in [2.05, 4.69) is 16.9 Å². The van der Waals surface area contributed by atoms with E-state index in [1.54, 1.807) is 7.11 Å². The molecule has 0 atom stereocenters. The third kappa shape index (κ3) is 2.97. The number of hydrogen-bond donors (Lipinski definition) is 1. The molecule has 2 rings (SSSR count). The van der Waals surface area contributed by atoms with Crippen LogP contribution in [-0.2, 0) is 11.2 Å². The number of benzene rings is 1. The summed E-state index contributed by atoms with van der Waals surface area (Å²) in [5.74, 6) is 1.80. The molecule has 4 nitrogen and oxygen atoms in total. The van der Waals surface area contributed by atoms with E-state index in [9.17, 15) is 0 Å². The molecule has 0 unspecified atom stereocenters. The van der Waals surface area contributed by atoms with E-state index in [4.69, 9.17) is 9.47 Å². The van der Waals surface area contributed by atoms with Gasteiger partial charge in [0.1, 0.15) is 11.6 Å². The van der Waals surface area contributed by atoms with Gasteiger partial charge in [0.2, 0.25) is 0 Å². The number of ether oxygens (including phenoxy) is 2. The maximum atomic E-state index is 5.44. The van der Waals surface area contributed by atoms with Crippen molar-refractivity contribution in [2.24, 2.45) is 0 Å². The van der Waals surface area contributed by atoms with Crippen molar-refractivity contribution in [3.8, 4) is 5.75 Å². The van der Waals surface area contributed by atoms with Gasteiger partial charge in [-0.15, -0.1) is 0 Å². The van der Waals surface area contributed by atoms with Gasteiger partial charge < -0.3 is 14.5 Å². The zero-order chi connectivity index (χ0) is 12.1. The second kappa shape index (κ2) is 5.68. The van der Waals surface area contributed by atoms with Crippen molar-refractivity contribution >= 4 is 11.0 Å².